The first kappa shape index (κ1) is 18.5. The van der Waals surface area contributed by atoms with E-state index in [-0.39, 0.29) is 12.1 Å². The van der Waals surface area contributed by atoms with Crippen LogP contribution in [-0.4, -0.2) is 54.4 Å². The van der Waals surface area contributed by atoms with Gasteiger partial charge in [0.25, 0.3) is 0 Å². The van der Waals surface area contributed by atoms with E-state index in [4.69, 9.17) is 4.74 Å². The number of rotatable bonds is 5. The van der Waals surface area contributed by atoms with Crippen molar-refractivity contribution in [2.24, 2.45) is 5.92 Å². The van der Waals surface area contributed by atoms with Crippen LogP contribution in [0, 0.1) is 5.92 Å². The Labute approximate surface area is 141 Å². The van der Waals surface area contributed by atoms with Crippen molar-refractivity contribution in [3.05, 3.63) is 0 Å². The second kappa shape index (κ2) is 7.84. The molecule has 0 aromatic carbocycles. The second-order valence-electron chi connectivity index (χ2n) is 8.39. The molecule has 2 aliphatic heterocycles. The van der Waals surface area contributed by atoms with Gasteiger partial charge in [-0.1, -0.05) is 20.3 Å². The Morgan fingerprint density at radius 1 is 1.22 bits per heavy atom. The second-order valence-corrected chi connectivity index (χ2v) is 8.39. The lowest BCUT2D eigenvalue weighted by molar-refractivity contribution is 0.0517. The van der Waals surface area contributed by atoms with Crippen LogP contribution in [0.5, 0.6) is 0 Å². The molecule has 0 aromatic rings. The summed E-state index contributed by atoms with van der Waals surface area (Å²) in [5, 5.41) is 6.75. The number of carbonyl (C=O) groups excluding carboxylic acids is 1. The van der Waals surface area contributed by atoms with Gasteiger partial charge in [0, 0.05) is 31.2 Å². The van der Waals surface area contributed by atoms with Crippen molar-refractivity contribution in [2.75, 3.05) is 19.6 Å². The fraction of sp³-hybridized carbons (Fsp3) is 0.944. The molecule has 2 saturated heterocycles. The van der Waals surface area contributed by atoms with Gasteiger partial charge in [-0.2, -0.15) is 0 Å². The van der Waals surface area contributed by atoms with Crippen molar-refractivity contribution in [2.45, 2.75) is 84.0 Å². The number of hydrogen-bond acceptors (Lipinski definition) is 4. The maximum atomic E-state index is 11.9. The van der Waals surface area contributed by atoms with Gasteiger partial charge < -0.3 is 15.4 Å². The highest BCUT2D eigenvalue weighted by Crippen LogP contribution is 2.27. The molecule has 0 radical (unpaired) electrons. The largest absolute Gasteiger partial charge is 0.444 e. The Kier molecular flexibility index (Phi) is 6.32. The monoisotopic (exact) mass is 325 g/mol. The smallest absolute Gasteiger partial charge is 0.407 e. The van der Waals surface area contributed by atoms with Crippen molar-refractivity contribution in [3.63, 3.8) is 0 Å². The number of alkyl carbamates (subject to hydrolysis) is 1. The van der Waals surface area contributed by atoms with Crippen LogP contribution in [0.3, 0.4) is 0 Å². The van der Waals surface area contributed by atoms with Crippen LogP contribution in [0.4, 0.5) is 4.79 Å². The molecule has 0 spiro atoms. The normalized spacial score (nSPS) is 26.9. The van der Waals surface area contributed by atoms with E-state index in [1.165, 1.54) is 38.8 Å². The SMILES string of the molecule is CC(C)C(CNC(=O)OC(C)(C)C)NC1CCN2CCCCC12. The van der Waals surface area contributed by atoms with Crippen LogP contribution in [0.2, 0.25) is 0 Å². The molecule has 2 heterocycles. The zero-order valence-electron chi connectivity index (χ0n) is 15.5. The summed E-state index contributed by atoms with van der Waals surface area (Å²) in [6, 6.07) is 1.53. The number of ether oxygens (including phenoxy) is 1. The van der Waals surface area contributed by atoms with Crippen LogP contribution < -0.4 is 10.6 Å². The van der Waals surface area contributed by atoms with E-state index in [0.29, 0.717) is 24.5 Å². The molecule has 1 amide bonds. The van der Waals surface area contributed by atoms with E-state index in [9.17, 15) is 4.79 Å². The highest BCUT2D eigenvalue weighted by Gasteiger charge is 2.36. The Balaban J connectivity index is 1.83. The minimum atomic E-state index is -0.446. The third-order valence-electron chi connectivity index (χ3n) is 4.95. The van der Waals surface area contributed by atoms with Gasteiger partial charge in [0.05, 0.1) is 0 Å². The first-order valence-corrected chi connectivity index (χ1v) is 9.23. The molecule has 23 heavy (non-hydrogen) atoms. The van der Waals surface area contributed by atoms with Crippen molar-refractivity contribution < 1.29 is 9.53 Å². The molecule has 0 bridgehead atoms. The Hall–Kier alpha value is -0.810. The van der Waals surface area contributed by atoms with Crippen LogP contribution in [0.25, 0.3) is 0 Å². The lowest BCUT2D eigenvalue weighted by Crippen LogP contribution is -2.53. The first-order valence-electron chi connectivity index (χ1n) is 9.23. The fourth-order valence-corrected chi connectivity index (χ4v) is 3.71. The average Bonchev–Trinajstić information content (AvgIpc) is 2.84. The zero-order valence-corrected chi connectivity index (χ0v) is 15.5. The summed E-state index contributed by atoms with van der Waals surface area (Å²) in [5.74, 6) is 0.475. The quantitative estimate of drug-likeness (QED) is 0.816. The van der Waals surface area contributed by atoms with E-state index in [2.05, 4.69) is 29.4 Å². The summed E-state index contributed by atoms with van der Waals surface area (Å²) in [4.78, 5) is 14.5. The number of fused-ring (bicyclic) bond motifs is 1. The molecule has 5 nitrogen and oxygen atoms in total. The van der Waals surface area contributed by atoms with Gasteiger partial charge in [0.15, 0.2) is 0 Å². The van der Waals surface area contributed by atoms with Gasteiger partial charge in [-0.05, 0) is 52.5 Å². The summed E-state index contributed by atoms with van der Waals surface area (Å²) >= 11 is 0. The maximum Gasteiger partial charge on any atom is 0.407 e. The summed E-state index contributed by atoms with van der Waals surface area (Å²) in [7, 11) is 0. The lowest BCUT2D eigenvalue weighted by Gasteiger charge is -2.35. The summed E-state index contributed by atoms with van der Waals surface area (Å²) in [5.41, 5.74) is -0.446. The van der Waals surface area contributed by atoms with E-state index >= 15 is 0 Å². The van der Waals surface area contributed by atoms with Crippen LogP contribution in [0.1, 0.15) is 60.3 Å². The number of nitrogens with one attached hydrogen (secondary N) is 2. The van der Waals surface area contributed by atoms with Crippen molar-refractivity contribution >= 4 is 6.09 Å². The summed E-state index contributed by atoms with van der Waals surface area (Å²) < 4.78 is 5.34. The molecule has 5 heteroatoms. The van der Waals surface area contributed by atoms with Gasteiger partial charge in [-0.3, -0.25) is 4.90 Å². The van der Waals surface area contributed by atoms with Gasteiger partial charge >= 0.3 is 6.09 Å². The zero-order chi connectivity index (χ0) is 17.0. The molecule has 3 atom stereocenters. The molecule has 0 aliphatic carbocycles. The predicted molar refractivity (Wildman–Crippen MR) is 93.6 cm³/mol. The summed E-state index contributed by atoms with van der Waals surface area (Å²) in [6.45, 7) is 13.2. The molecule has 3 unspecified atom stereocenters. The molecule has 134 valence electrons. The minimum Gasteiger partial charge on any atom is -0.444 e. The predicted octanol–water partition coefficient (Wildman–Crippen LogP) is 2.75. The standard InChI is InChI=1S/C18H35N3O2/c1-13(2)15(12-19-17(22)23-18(3,4)5)20-14-9-11-21-10-7-6-8-16(14)21/h13-16,20H,6-12H2,1-5H3,(H,19,22). The van der Waals surface area contributed by atoms with Crippen molar-refractivity contribution in [1.29, 1.82) is 0 Å². The molecule has 0 aromatic heterocycles. The highest BCUT2D eigenvalue weighted by molar-refractivity contribution is 5.67. The van der Waals surface area contributed by atoms with Crippen molar-refractivity contribution in [3.8, 4) is 0 Å². The molecule has 2 N–H and O–H groups in total. The van der Waals surface area contributed by atoms with Gasteiger partial charge in [-0.15, -0.1) is 0 Å². The van der Waals surface area contributed by atoms with E-state index in [1.807, 2.05) is 20.8 Å². The summed E-state index contributed by atoms with van der Waals surface area (Å²) in [6.07, 6.45) is 4.90. The molecule has 2 rings (SSSR count). The highest BCUT2D eigenvalue weighted by atomic mass is 16.6. The van der Waals surface area contributed by atoms with Crippen LogP contribution >= 0.6 is 0 Å². The number of amides is 1. The van der Waals surface area contributed by atoms with E-state index in [1.54, 1.807) is 0 Å². The molecular formula is C18H35N3O2. The third kappa shape index (κ3) is 5.64. The third-order valence-corrected chi connectivity index (χ3v) is 4.95. The van der Waals surface area contributed by atoms with Gasteiger partial charge in [-0.25, -0.2) is 4.79 Å². The van der Waals surface area contributed by atoms with E-state index < -0.39 is 5.60 Å². The average molecular weight is 325 g/mol. The Bertz CT molecular complexity index is 392. The first-order chi connectivity index (χ1) is 10.8. The maximum absolute atomic E-state index is 11.9. The van der Waals surface area contributed by atoms with Gasteiger partial charge in [0.2, 0.25) is 0 Å². The number of carbonyl (C=O) groups is 1. The van der Waals surface area contributed by atoms with Crippen LogP contribution in [-0.2, 0) is 4.74 Å². The number of nitrogens with zero attached hydrogens (tertiary/aromatic N) is 1. The van der Waals surface area contributed by atoms with Gasteiger partial charge in [0.1, 0.15) is 5.60 Å². The van der Waals surface area contributed by atoms with Crippen LogP contribution in [0.15, 0.2) is 0 Å². The Morgan fingerprint density at radius 2 is 1.96 bits per heavy atom. The molecule has 0 saturated carbocycles. The molecular weight excluding hydrogens is 290 g/mol. The minimum absolute atomic E-state index is 0.286. The molecule has 2 aliphatic rings. The number of piperidine rings is 1. The number of hydrogen-bond donors (Lipinski definition) is 2. The van der Waals surface area contributed by atoms with Crippen molar-refractivity contribution in [1.82, 2.24) is 15.5 Å². The molecule has 2 fully saturated rings. The topological polar surface area (TPSA) is 53.6 Å². The Morgan fingerprint density at radius 3 is 2.61 bits per heavy atom. The fourth-order valence-electron chi connectivity index (χ4n) is 3.71. The van der Waals surface area contributed by atoms with E-state index in [0.717, 1.165) is 0 Å². The lowest BCUT2D eigenvalue weighted by atomic mass is 9.96.